The molecule has 0 heterocycles. The Kier molecular flexibility index (Phi) is 4.54. The monoisotopic (exact) mass is 288 g/mol. The van der Waals surface area contributed by atoms with E-state index in [1.165, 1.54) is 19.3 Å². The van der Waals surface area contributed by atoms with Crippen LogP contribution in [0.5, 0.6) is 0 Å². The summed E-state index contributed by atoms with van der Waals surface area (Å²) < 4.78 is 0. The maximum absolute atomic E-state index is 10.5. The largest absolute Gasteiger partial charge is 0.389 e. The van der Waals surface area contributed by atoms with Gasteiger partial charge in [-0.2, -0.15) is 0 Å². The van der Waals surface area contributed by atoms with E-state index in [1.807, 2.05) is 6.08 Å². The van der Waals surface area contributed by atoms with Crippen LogP contribution in [0.4, 0.5) is 0 Å². The van der Waals surface area contributed by atoms with E-state index < -0.39 is 0 Å². The van der Waals surface area contributed by atoms with Crippen molar-refractivity contribution < 1.29 is 5.11 Å². The number of aliphatic hydroxyl groups excluding tert-OH is 1. The van der Waals surface area contributed by atoms with Crippen LogP contribution in [0.2, 0.25) is 0 Å². The molecule has 1 unspecified atom stereocenters. The maximum Gasteiger partial charge on any atom is 0.0753 e. The summed E-state index contributed by atoms with van der Waals surface area (Å²) in [5.41, 5.74) is 2.75. The minimum absolute atomic E-state index is 0.277. The van der Waals surface area contributed by atoms with Crippen LogP contribution in [0.25, 0.3) is 0 Å². The Bertz CT molecular complexity index is 445. The molecule has 0 radical (unpaired) electrons. The van der Waals surface area contributed by atoms with Gasteiger partial charge in [-0.3, -0.25) is 0 Å². The van der Waals surface area contributed by atoms with E-state index in [0.717, 1.165) is 30.4 Å². The number of rotatable bonds is 4. The Morgan fingerprint density at radius 3 is 2.62 bits per heavy atom. The summed E-state index contributed by atoms with van der Waals surface area (Å²) in [6.07, 6.45) is 8.25. The van der Waals surface area contributed by atoms with Gasteiger partial charge in [-0.1, -0.05) is 58.6 Å². The first-order valence-corrected chi connectivity index (χ1v) is 8.39. The second-order valence-corrected chi connectivity index (χ2v) is 8.18. The molecule has 4 atom stereocenters. The summed E-state index contributed by atoms with van der Waals surface area (Å²) in [5.74, 6) is 0.990. The first-order chi connectivity index (χ1) is 9.72. The van der Waals surface area contributed by atoms with Crippen LogP contribution < -0.4 is 0 Å². The van der Waals surface area contributed by atoms with Crippen molar-refractivity contribution >= 4 is 0 Å². The average Bonchev–Trinajstić information content (AvgIpc) is 2.41. The Hall–Kier alpha value is -0.820. The average molecular weight is 288 g/mol. The molecule has 0 aliphatic heterocycles. The number of allylic oxidation sites excluding steroid dienone is 2. The topological polar surface area (TPSA) is 20.2 Å². The van der Waals surface area contributed by atoms with Crippen LogP contribution >= 0.6 is 0 Å². The van der Waals surface area contributed by atoms with Gasteiger partial charge in [-0.25, -0.2) is 0 Å². The highest BCUT2D eigenvalue weighted by atomic mass is 16.3. The van der Waals surface area contributed by atoms with Gasteiger partial charge >= 0.3 is 0 Å². The van der Waals surface area contributed by atoms with Crippen molar-refractivity contribution in [3.05, 3.63) is 37.0 Å². The number of aliphatic hydroxyl groups is 1. The number of hydrogen-bond acceptors (Lipinski definition) is 1. The first kappa shape index (κ1) is 16.5. The van der Waals surface area contributed by atoms with E-state index in [9.17, 15) is 5.11 Å². The lowest BCUT2D eigenvalue weighted by molar-refractivity contribution is -0.0834. The summed E-state index contributed by atoms with van der Waals surface area (Å²) >= 11 is 0. The molecule has 0 aromatic rings. The Balaban J connectivity index is 2.28. The Labute approximate surface area is 130 Å². The van der Waals surface area contributed by atoms with Crippen LogP contribution in [-0.4, -0.2) is 11.2 Å². The molecule has 1 heteroatoms. The lowest BCUT2D eigenvalue weighted by Crippen LogP contribution is -2.52. The predicted octanol–water partition coefficient (Wildman–Crippen LogP) is 5.28. The molecule has 2 aliphatic rings. The highest BCUT2D eigenvalue weighted by Gasteiger charge is 2.54. The lowest BCUT2D eigenvalue weighted by Gasteiger charge is -2.59. The summed E-state index contributed by atoms with van der Waals surface area (Å²) in [5, 5.41) is 10.5. The van der Waals surface area contributed by atoms with Gasteiger partial charge in [0.15, 0.2) is 0 Å². The highest BCUT2D eigenvalue weighted by Crippen LogP contribution is 2.61. The molecule has 21 heavy (non-hydrogen) atoms. The second-order valence-electron chi connectivity index (χ2n) is 8.18. The van der Waals surface area contributed by atoms with Crippen molar-refractivity contribution in [3.63, 3.8) is 0 Å². The standard InChI is InChI=1S/C20H32O/c1-7-14(2)9-10-16-15(3)17(21)13-18-19(4,5)11-8-12-20(16,18)6/h7,16-18,21H,1-3,8-13H2,4-6H3/t16-,17?,18-,20+/m0/s1. The smallest absolute Gasteiger partial charge is 0.0753 e. The molecule has 2 aliphatic carbocycles. The molecule has 2 saturated carbocycles. The van der Waals surface area contributed by atoms with Crippen LogP contribution in [-0.2, 0) is 0 Å². The first-order valence-electron chi connectivity index (χ1n) is 8.39. The fraction of sp³-hybridized carbons (Fsp3) is 0.700. The lowest BCUT2D eigenvalue weighted by atomic mass is 9.46. The predicted molar refractivity (Wildman–Crippen MR) is 91.1 cm³/mol. The molecule has 0 saturated heterocycles. The Morgan fingerprint density at radius 1 is 1.33 bits per heavy atom. The summed E-state index contributed by atoms with van der Waals surface area (Å²) in [6.45, 7) is 19.3. The normalized spacial score (nSPS) is 38.7. The SMILES string of the molecule is C=CC(=C)CC[C@H]1C(=C)C(O)C[C@H]2C(C)(C)CCC[C@]12C. The van der Waals surface area contributed by atoms with Crippen LogP contribution in [0, 0.1) is 22.7 Å². The zero-order valence-electron chi connectivity index (χ0n) is 14.1. The fourth-order valence-electron chi connectivity index (χ4n) is 5.15. The second kappa shape index (κ2) is 5.76. The molecule has 0 aromatic heterocycles. The number of fused-ring (bicyclic) bond motifs is 1. The summed E-state index contributed by atoms with van der Waals surface area (Å²) in [4.78, 5) is 0. The molecule has 0 amide bonds. The third-order valence-corrected chi connectivity index (χ3v) is 6.45. The van der Waals surface area contributed by atoms with Gasteiger partial charge in [0.1, 0.15) is 0 Å². The quantitative estimate of drug-likeness (QED) is 0.551. The van der Waals surface area contributed by atoms with Crippen molar-refractivity contribution in [2.24, 2.45) is 22.7 Å². The van der Waals surface area contributed by atoms with E-state index in [2.05, 4.69) is 40.5 Å². The van der Waals surface area contributed by atoms with Gasteiger partial charge in [-0.15, -0.1) is 0 Å². The van der Waals surface area contributed by atoms with Gasteiger partial charge in [-0.05, 0) is 60.3 Å². The molecule has 2 rings (SSSR count). The molecule has 118 valence electrons. The molecular weight excluding hydrogens is 256 g/mol. The van der Waals surface area contributed by atoms with Crippen molar-refractivity contribution in [2.75, 3.05) is 0 Å². The van der Waals surface area contributed by atoms with Crippen molar-refractivity contribution in [1.82, 2.24) is 0 Å². The summed E-state index contributed by atoms with van der Waals surface area (Å²) in [7, 11) is 0. The fourth-order valence-corrected chi connectivity index (χ4v) is 5.15. The number of hydrogen-bond donors (Lipinski definition) is 1. The third kappa shape index (κ3) is 2.90. The van der Waals surface area contributed by atoms with E-state index in [4.69, 9.17) is 0 Å². The van der Waals surface area contributed by atoms with Crippen molar-refractivity contribution in [1.29, 1.82) is 0 Å². The van der Waals surface area contributed by atoms with Gasteiger partial charge in [0.2, 0.25) is 0 Å². The highest BCUT2D eigenvalue weighted by molar-refractivity contribution is 5.21. The van der Waals surface area contributed by atoms with E-state index >= 15 is 0 Å². The van der Waals surface area contributed by atoms with Gasteiger partial charge in [0.25, 0.3) is 0 Å². The molecule has 1 N–H and O–H groups in total. The molecule has 0 spiro atoms. The van der Waals surface area contributed by atoms with Crippen LogP contribution in [0.15, 0.2) is 37.0 Å². The third-order valence-electron chi connectivity index (χ3n) is 6.45. The molecule has 1 nitrogen and oxygen atoms in total. The Morgan fingerprint density at radius 2 is 2.00 bits per heavy atom. The van der Waals surface area contributed by atoms with Gasteiger partial charge in [0, 0.05) is 0 Å². The molecule has 0 bridgehead atoms. The zero-order chi connectivity index (χ0) is 15.8. The van der Waals surface area contributed by atoms with Crippen LogP contribution in [0.1, 0.15) is 59.3 Å². The maximum atomic E-state index is 10.5. The van der Waals surface area contributed by atoms with Gasteiger partial charge in [0.05, 0.1) is 6.10 Å². The van der Waals surface area contributed by atoms with E-state index in [0.29, 0.717) is 17.3 Å². The summed E-state index contributed by atoms with van der Waals surface area (Å²) in [6, 6.07) is 0. The molecule has 2 fully saturated rings. The van der Waals surface area contributed by atoms with E-state index in [-0.39, 0.29) is 11.5 Å². The van der Waals surface area contributed by atoms with Crippen molar-refractivity contribution in [3.8, 4) is 0 Å². The zero-order valence-corrected chi connectivity index (χ0v) is 14.1. The molecular formula is C20H32O. The minimum Gasteiger partial charge on any atom is -0.389 e. The van der Waals surface area contributed by atoms with Crippen LogP contribution in [0.3, 0.4) is 0 Å². The van der Waals surface area contributed by atoms with Gasteiger partial charge < -0.3 is 5.11 Å². The minimum atomic E-state index is -0.331. The molecule has 0 aromatic carbocycles. The van der Waals surface area contributed by atoms with E-state index in [1.54, 1.807) is 0 Å². The van der Waals surface area contributed by atoms with Crippen molar-refractivity contribution in [2.45, 2.75) is 65.4 Å².